The van der Waals surface area contributed by atoms with Gasteiger partial charge in [0.2, 0.25) is 0 Å². The van der Waals surface area contributed by atoms with Gasteiger partial charge in [0, 0.05) is 17.4 Å². The van der Waals surface area contributed by atoms with Crippen molar-refractivity contribution in [3.8, 4) is 11.3 Å². The predicted octanol–water partition coefficient (Wildman–Crippen LogP) is 4.59. The Kier molecular flexibility index (Phi) is 2.43. The number of fused-ring (bicyclic) bond motifs is 6. The van der Waals surface area contributed by atoms with Crippen LogP contribution >= 0.6 is 0 Å². The van der Waals surface area contributed by atoms with Crippen LogP contribution in [0.3, 0.4) is 0 Å². The molecule has 0 bridgehead atoms. The highest BCUT2D eigenvalue weighted by Crippen LogP contribution is 2.49. The molecule has 0 unspecified atom stereocenters. The number of imidazole rings is 1. The van der Waals surface area contributed by atoms with Crippen molar-refractivity contribution >= 4 is 11.3 Å². The Morgan fingerprint density at radius 1 is 0.955 bits per heavy atom. The van der Waals surface area contributed by atoms with E-state index < -0.39 is 0 Å². The van der Waals surface area contributed by atoms with Crippen LogP contribution in [-0.2, 0) is 5.54 Å². The van der Waals surface area contributed by atoms with Gasteiger partial charge < -0.3 is 9.72 Å². The number of pyridine rings is 1. The third kappa shape index (κ3) is 1.54. The lowest BCUT2D eigenvalue weighted by molar-refractivity contribution is 0.320. The Morgan fingerprint density at radius 2 is 1.77 bits per heavy atom. The molecule has 1 saturated carbocycles. The molecule has 3 aromatic rings. The zero-order chi connectivity index (χ0) is 14.6. The van der Waals surface area contributed by atoms with Crippen molar-refractivity contribution < 1.29 is 0 Å². The number of rotatable bonds is 0. The lowest BCUT2D eigenvalue weighted by atomic mass is 9.75. The van der Waals surface area contributed by atoms with E-state index in [0.717, 1.165) is 5.65 Å². The second kappa shape index (κ2) is 4.35. The van der Waals surface area contributed by atoms with Crippen LogP contribution in [-0.4, -0.2) is 9.38 Å². The molecule has 0 atom stereocenters. The van der Waals surface area contributed by atoms with E-state index in [1.807, 2.05) is 0 Å². The second-order valence-corrected chi connectivity index (χ2v) is 6.55. The molecule has 1 fully saturated rings. The molecule has 0 saturated heterocycles. The summed E-state index contributed by atoms with van der Waals surface area (Å²) in [5.41, 5.74) is 6.10. The van der Waals surface area contributed by atoms with E-state index in [1.165, 1.54) is 54.7 Å². The predicted molar refractivity (Wildman–Crippen MR) is 89.0 cm³/mol. The maximum Gasteiger partial charge on any atom is 0.137 e. The summed E-state index contributed by atoms with van der Waals surface area (Å²) in [6.07, 6.45) is 8.46. The first-order valence-electron chi connectivity index (χ1n) is 8.23. The number of nitrogens with one attached hydrogen (secondary N) is 1. The zero-order valence-electron chi connectivity index (χ0n) is 12.5. The van der Waals surface area contributed by atoms with Gasteiger partial charge in [-0.25, -0.2) is 4.98 Å². The third-order valence-corrected chi connectivity index (χ3v) is 5.25. The maximum absolute atomic E-state index is 4.97. The average Bonchev–Trinajstić information content (AvgIpc) is 2.96. The number of aromatic nitrogens is 2. The van der Waals surface area contributed by atoms with Gasteiger partial charge in [-0.15, -0.1) is 0 Å². The molecule has 3 heterocycles. The Bertz CT molecular complexity index is 856. The summed E-state index contributed by atoms with van der Waals surface area (Å²) >= 11 is 0. The molecule has 22 heavy (non-hydrogen) atoms. The summed E-state index contributed by atoms with van der Waals surface area (Å²) in [5, 5.41) is 3.89. The van der Waals surface area contributed by atoms with E-state index in [2.05, 4.69) is 58.4 Å². The summed E-state index contributed by atoms with van der Waals surface area (Å²) < 4.78 is 2.30. The molecule has 2 aromatic heterocycles. The largest absolute Gasteiger partial charge is 0.373 e. The van der Waals surface area contributed by atoms with Gasteiger partial charge in [-0.1, -0.05) is 43.5 Å². The van der Waals surface area contributed by atoms with E-state index in [1.54, 1.807) is 0 Å². The third-order valence-electron chi connectivity index (χ3n) is 5.25. The zero-order valence-corrected chi connectivity index (χ0v) is 12.5. The number of benzene rings is 1. The molecule has 1 spiro atoms. The van der Waals surface area contributed by atoms with Gasteiger partial charge in [0.15, 0.2) is 0 Å². The van der Waals surface area contributed by atoms with Crippen molar-refractivity contribution in [1.29, 1.82) is 0 Å². The molecule has 1 aliphatic heterocycles. The van der Waals surface area contributed by atoms with Crippen molar-refractivity contribution in [3.05, 3.63) is 54.4 Å². The van der Waals surface area contributed by atoms with Crippen LogP contribution in [0.4, 0.5) is 5.69 Å². The molecule has 1 N–H and O–H groups in total. The Labute approximate surface area is 130 Å². The number of nitrogens with zero attached hydrogens (tertiary/aromatic N) is 2. The fraction of sp³-hybridized carbons (Fsp3) is 0.316. The standard InChI is InChI=1S/C19H19N3/c1-5-11-19(12-6-1)18-17(14-8-2-3-9-15(14)21-19)20-16-10-4-7-13-22(16)18/h2-4,7-10,13,21H,1,5-6,11-12H2. The average molecular weight is 289 g/mol. The van der Waals surface area contributed by atoms with Crippen molar-refractivity contribution in [2.24, 2.45) is 0 Å². The molecule has 5 rings (SSSR count). The van der Waals surface area contributed by atoms with Gasteiger partial charge in [-0.05, 0) is 31.0 Å². The molecule has 0 amide bonds. The van der Waals surface area contributed by atoms with Crippen molar-refractivity contribution in [2.75, 3.05) is 5.32 Å². The Balaban J connectivity index is 1.87. The minimum atomic E-state index is 0.0444. The van der Waals surface area contributed by atoms with Crippen molar-refractivity contribution in [2.45, 2.75) is 37.6 Å². The van der Waals surface area contributed by atoms with Crippen molar-refractivity contribution in [1.82, 2.24) is 9.38 Å². The first-order chi connectivity index (χ1) is 10.9. The first kappa shape index (κ1) is 12.3. The van der Waals surface area contributed by atoms with E-state index in [-0.39, 0.29) is 5.54 Å². The monoisotopic (exact) mass is 289 g/mol. The highest BCUT2D eigenvalue weighted by molar-refractivity contribution is 5.83. The van der Waals surface area contributed by atoms with Crippen LogP contribution in [0.2, 0.25) is 0 Å². The van der Waals surface area contributed by atoms with Gasteiger partial charge in [-0.3, -0.25) is 0 Å². The molecule has 1 aromatic carbocycles. The van der Waals surface area contributed by atoms with Crippen LogP contribution in [0.15, 0.2) is 48.7 Å². The summed E-state index contributed by atoms with van der Waals surface area (Å²) in [7, 11) is 0. The second-order valence-electron chi connectivity index (χ2n) is 6.55. The molecular formula is C19H19N3. The highest BCUT2D eigenvalue weighted by atomic mass is 15.1. The quantitative estimate of drug-likeness (QED) is 0.656. The summed E-state index contributed by atoms with van der Waals surface area (Å²) in [6.45, 7) is 0. The number of hydrogen-bond acceptors (Lipinski definition) is 2. The smallest absolute Gasteiger partial charge is 0.137 e. The lowest BCUT2D eigenvalue weighted by Crippen LogP contribution is -2.41. The number of hydrogen-bond donors (Lipinski definition) is 1. The molecule has 3 nitrogen and oxygen atoms in total. The maximum atomic E-state index is 4.97. The van der Waals surface area contributed by atoms with E-state index in [0.29, 0.717) is 0 Å². The summed E-state index contributed by atoms with van der Waals surface area (Å²) in [5.74, 6) is 0. The lowest BCUT2D eigenvalue weighted by Gasteiger charge is -2.42. The molecule has 0 radical (unpaired) electrons. The van der Waals surface area contributed by atoms with Crippen molar-refractivity contribution in [3.63, 3.8) is 0 Å². The van der Waals surface area contributed by atoms with Gasteiger partial charge in [0.05, 0.1) is 16.9 Å². The normalized spacial score (nSPS) is 18.7. The molecule has 3 heteroatoms. The molecule has 110 valence electrons. The Morgan fingerprint density at radius 3 is 2.68 bits per heavy atom. The van der Waals surface area contributed by atoms with Crippen LogP contribution in [0.25, 0.3) is 16.9 Å². The van der Waals surface area contributed by atoms with E-state index in [9.17, 15) is 0 Å². The van der Waals surface area contributed by atoms with Crippen LogP contribution in [0, 0.1) is 0 Å². The topological polar surface area (TPSA) is 29.3 Å². The minimum absolute atomic E-state index is 0.0444. The number of para-hydroxylation sites is 1. The van der Waals surface area contributed by atoms with Crippen LogP contribution in [0.1, 0.15) is 37.8 Å². The minimum Gasteiger partial charge on any atom is -0.373 e. The van der Waals surface area contributed by atoms with E-state index in [4.69, 9.17) is 4.98 Å². The van der Waals surface area contributed by atoms with Gasteiger partial charge in [0.1, 0.15) is 5.65 Å². The summed E-state index contributed by atoms with van der Waals surface area (Å²) in [6, 6.07) is 14.9. The summed E-state index contributed by atoms with van der Waals surface area (Å²) in [4.78, 5) is 4.97. The first-order valence-corrected chi connectivity index (χ1v) is 8.23. The SMILES string of the molecule is c1ccc2c(c1)NC1(CCCCC1)c1c-2nc2ccccn12. The highest BCUT2D eigenvalue weighted by Gasteiger charge is 2.42. The van der Waals surface area contributed by atoms with Crippen LogP contribution < -0.4 is 5.32 Å². The van der Waals surface area contributed by atoms with E-state index >= 15 is 0 Å². The van der Waals surface area contributed by atoms with Crippen LogP contribution in [0.5, 0.6) is 0 Å². The van der Waals surface area contributed by atoms with Gasteiger partial charge in [0.25, 0.3) is 0 Å². The van der Waals surface area contributed by atoms with Gasteiger partial charge in [-0.2, -0.15) is 0 Å². The van der Waals surface area contributed by atoms with Gasteiger partial charge >= 0.3 is 0 Å². The molecular weight excluding hydrogens is 270 g/mol. The fourth-order valence-electron chi connectivity index (χ4n) is 4.27. The number of anilines is 1. The Hall–Kier alpha value is -2.29. The molecule has 2 aliphatic rings. The molecule has 1 aliphatic carbocycles. The fourth-order valence-corrected chi connectivity index (χ4v) is 4.27.